The monoisotopic (exact) mass is 289 g/mol. The molecular formula is C15H19N3OS. The number of nitrogens with zero attached hydrogens (tertiary/aromatic N) is 2. The van der Waals surface area contributed by atoms with Gasteiger partial charge in [-0.3, -0.25) is 9.48 Å². The molecule has 0 aliphatic rings. The second-order valence-corrected chi connectivity index (χ2v) is 5.80. The molecule has 0 aliphatic heterocycles. The second kappa shape index (κ2) is 6.61. The molecule has 5 heteroatoms. The minimum absolute atomic E-state index is 0.0348. The van der Waals surface area contributed by atoms with Crippen molar-refractivity contribution >= 4 is 23.4 Å². The van der Waals surface area contributed by atoms with Crippen LogP contribution >= 0.6 is 11.8 Å². The van der Waals surface area contributed by atoms with Crippen molar-refractivity contribution in [1.82, 2.24) is 9.78 Å². The van der Waals surface area contributed by atoms with Gasteiger partial charge in [-0.25, -0.2) is 0 Å². The number of anilines is 1. The lowest BCUT2D eigenvalue weighted by molar-refractivity contribution is -0.115. The third kappa shape index (κ3) is 3.63. The van der Waals surface area contributed by atoms with Gasteiger partial charge in [0.25, 0.3) is 0 Å². The van der Waals surface area contributed by atoms with Crippen LogP contribution < -0.4 is 5.32 Å². The van der Waals surface area contributed by atoms with Crippen molar-refractivity contribution in [1.29, 1.82) is 0 Å². The van der Waals surface area contributed by atoms with Crippen LogP contribution in [0.3, 0.4) is 0 Å². The molecule has 1 aromatic carbocycles. The van der Waals surface area contributed by atoms with E-state index in [0.29, 0.717) is 6.42 Å². The number of thioether (sulfide) groups is 1. The zero-order valence-corrected chi connectivity index (χ0v) is 12.8. The predicted molar refractivity (Wildman–Crippen MR) is 83.1 cm³/mol. The van der Waals surface area contributed by atoms with E-state index in [1.165, 1.54) is 4.90 Å². The molecule has 106 valence electrons. The summed E-state index contributed by atoms with van der Waals surface area (Å²) in [5.74, 6) is 0.807. The number of amides is 1. The first-order valence-electron chi connectivity index (χ1n) is 6.56. The van der Waals surface area contributed by atoms with Gasteiger partial charge in [0, 0.05) is 24.1 Å². The van der Waals surface area contributed by atoms with Crippen LogP contribution in [0.25, 0.3) is 0 Å². The van der Waals surface area contributed by atoms with Crippen LogP contribution in [0, 0.1) is 13.8 Å². The number of rotatable bonds is 5. The molecule has 1 heterocycles. The Morgan fingerprint density at radius 3 is 2.60 bits per heavy atom. The zero-order chi connectivity index (χ0) is 14.5. The number of hydrogen-bond donors (Lipinski definition) is 1. The molecule has 0 spiro atoms. The van der Waals surface area contributed by atoms with Gasteiger partial charge in [-0.2, -0.15) is 5.10 Å². The number of carbonyl (C=O) groups is 1. The lowest BCUT2D eigenvalue weighted by Crippen LogP contribution is -2.13. The average Bonchev–Trinajstić information content (AvgIpc) is 2.67. The third-order valence-corrected chi connectivity index (χ3v) is 4.13. The van der Waals surface area contributed by atoms with Gasteiger partial charge in [0.1, 0.15) is 0 Å². The maximum atomic E-state index is 12.0. The van der Waals surface area contributed by atoms with Gasteiger partial charge in [0.15, 0.2) is 0 Å². The Labute approximate surface area is 123 Å². The summed E-state index contributed by atoms with van der Waals surface area (Å²) >= 11 is 1.69. The standard InChI is InChI=1S/C15H19N3OS/c1-11-15(12(2)18(3)17-11)16-14(19)9-10-20-13-7-5-4-6-8-13/h4-8H,9-10H2,1-3H3,(H,16,19). The summed E-state index contributed by atoms with van der Waals surface area (Å²) in [5.41, 5.74) is 2.67. The first-order valence-corrected chi connectivity index (χ1v) is 7.54. The van der Waals surface area contributed by atoms with Crippen LogP contribution in [0.2, 0.25) is 0 Å². The average molecular weight is 289 g/mol. The summed E-state index contributed by atoms with van der Waals surface area (Å²) < 4.78 is 1.78. The summed E-state index contributed by atoms with van der Waals surface area (Å²) in [7, 11) is 1.88. The molecule has 0 fully saturated rings. The van der Waals surface area contributed by atoms with E-state index in [1.807, 2.05) is 39.1 Å². The first kappa shape index (κ1) is 14.7. The molecule has 0 saturated carbocycles. The molecule has 4 nitrogen and oxygen atoms in total. The Kier molecular flexibility index (Phi) is 4.84. The van der Waals surface area contributed by atoms with Crippen molar-refractivity contribution in [3.05, 3.63) is 41.7 Å². The molecule has 2 rings (SSSR count). The van der Waals surface area contributed by atoms with Gasteiger partial charge >= 0.3 is 0 Å². The van der Waals surface area contributed by atoms with Gasteiger partial charge in [-0.15, -0.1) is 11.8 Å². The maximum Gasteiger partial charge on any atom is 0.225 e. The minimum Gasteiger partial charge on any atom is -0.323 e. The highest BCUT2D eigenvalue weighted by Gasteiger charge is 2.12. The van der Waals surface area contributed by atoms with Crippen molar-refractivity contribution in [2.45, 2.75) is 25.2 Å². The number of hydrogen-bond acceptors (Lipinski definition) is 3. The Balaban J connectivity index is 1.84. The van der Waals surface area contributed by atoms with Gasteiger partial charge in [0.05, 0.1) is 17.1 Å². The smallest absolute Gasteiger partial charge is 0.225 e. The Morgan fingerprint density at radius 1 is 1.30 bits per heavy atom. The number of aromatic nitrogens is 2. The van der Waals surface area contributed by atoms with E-state index in [9.17, 15) is 4.79 Å². The second-order valence-electron chi connectivity index (χ2n) is 4.63. The molecule has 1 amide bonds. The van der Waals surface area contributed by atoms with Gasteiger partial charge in [-0.05, 0) is 26.0 Å². The van der Waals surface area contributed by atoms with Crippen molar-refractivity contribution in [2.24, 2.45) is 7.05 Å². The van der Waals surface area contributed by atoms with Crippen LogP contribution in [-0.4, -0.2) is 21.4 Å². The van der Waals surface area contributed by atoms with Crippen molar-refractivity contribution < 1.29 is 4.79 Å². The van der Waals surface area contributed by atoms with Gasteiger partial charge < -0.3 is 5.32 Å². The van der Waals surface area contributed by atoms with E-state index in [1.54, 1.807) is 16.4 Å². The molecule has 1 aromatic heterocycles. The fourth-order valence-corrected chi connectivity index (χ4v) is 2.81. The van der Waals surface area contributed by atoms with E-state index < -0.39 is 0 Å². The van der Waals surface area contributed by atoms with E-state index >= 15 is 0 Å². The van der Waals surface area contributed by atoms with Gasteiger partial charge in [-0.1, -0.05) is 18.2 Å². The Bertz CT molecular complexity index is 593. The largest absolute Gasteiger partial charge is 0.323 e. The summed E-state index contributed by atoms with van der Waals surface area (Å²) in [5, 5.41) is 7.24. The van der Waals surface area contributed by atoms with Crippen LogP contribution in [-0.2, 0) is 11.8 Å². The highest BCUT2D eigenvalue weighted by atomic mass is 32.2. The molecule has 0 unspecified atom stereocenters. The molecule has 0 atom stereocenters. The molecule has 2 aromatic rings. The number of benzene rings is 1. The fraction of sp³-hybridized carbons (Fsp3) is 0.333. The predicted octanol–water partition coefficient (Wildman–Crippen LogP) is 3.16. The molecule has 0 bridgehead atoms. The van der Waals surface area contributed by atoms with E-state index in [0.717, 1.165) is 22.8 Å². The molecule has 20 heavy (non-hydrogen) atoms. The normalized spacial score (nSPS) is 10.6. The molecule has 1 N–H and O–H groups in total. The van der Waals surface area contributed by atoms with E-state index in [4.69, 9.17) is 0 Å². The highest BCUT2D eigenvalue weighted by Crippen LogP contribution is 2.20. The van der Waals surface area contributed by atoms with E-state index in [2.05, 4.69) is 22.5 Å². The lowest BCUT2D eigenvalue weighted by Gasteiger charge is -2.05. The number of aryl methyl sites for hydroxylation is 2. The zero-order valence-electron chi connectivity index (χ0n) is 12.0. The summed E-state index contributed by atoms with van der Waals surface area (Å²) in [6.07, 6.45) is 0.493. The maximum absolute atomic E-state index is 12.0. The number of nitrogens with one attached hydrogen (secondary N) is 1. The molecular weight excluding hydrogens is 270 g/mol. The topological polar surface area (TPSA) is 46.9 Å². The Hall–Kier alpha value is -1.75. The van der Waals surface area contributed by atoms with Crippen molar-refractivity contribution in [2.75, 3.05) is 11.1 Å². The van der Waals surface area contributed by atoms with Crippen molar-refractivity contribution in [3.8, 4) is 0 Å². The third-order valence-electron chi connectivity index (χ3n) is 3.11. The van der Waals surface area contributed by atoms with Crippen molar-refractivity contribution in [3.63, 3.8) is 0 Å². The number of carbonyl (C=O) groups excluding carboxylic acids is 1. The fourth-order valence-electron chi connectivity index (χ4n) is 1.93. The lowest BCUT2D eigenvalue weighted by atomic mass is 10.3. The summed E-state index contributed by atoms with van der Waals surface area (Å²) in [4.78, 5) is 13.1. The molecule has 0 saturated heterocycles. The quantitative estimate of drug-likeness (QED) is 0.860. The van der Waals surface area contributed by atoms with Crippen LogP contribution in [0.5, 0.6) is 0 Å². The first-order chi connectivity index (χ1) is 9.58. The summed E-state index contributed by atoms with van der Waals surface area (Å²) in [6, 6.07) is 10.1. The van der Waals surface area contributed by atoms with Crippen LogP contribution in [0.1, 0.15) is 17.8 Å². The molecule has 0 radical (unpaired) electrons. The Morgan fingerprint density at radius 2 is 2.00 bits per heavy atom. The molecule has 0 aliphatic carbocycles. The van der Waals surface area contributed by atoms with Crippen LogP contribution in [0.15, 0.2) is 35.2 Å². The highest BCUT2D eigenvalue weighted by molar-refractivity contribution is 7.99. The van der Waals surface area contributed by atoms with Crippen LogP contribution in [0.4, 0.5) is 5.69 Å². The van der Waals surface area contributed by atoms with E-state index in [-0.39, 0.29) is 5.91 Å². The minimum atomic E-state index is 0.0348. The SMILES string of the molecule is Cc1nn(C)c(C)c1NC(=O)CCSc1ccccc1. The van der Waals surface area contributed by atoms with Gasteiger partial charge in [0.2, 0.25) is 5.91 Å². The summed E-state index contributed by atoms with van der Waals surface area (Å²) in [6.45, 7) is 3.86.